The van der Waals surface area contributed by atoms with Crippen LogP contribution < -0.4 is 20.7 Å². The van der Waals surface area contributed by atoms with Crippen LogP contribution in [0, 0.1) is 0 Å². The zero-order chi connectivity index (χ0) is 13.7. The number of nitrogens with zero attached hydrogens (tertiary/aromatic N) is 2. The minimum Gasteiger partial charge on any atom is -0.497 e. The number of benzene rings is 1. The van der Waals surface area contributed by atoms with Gasteiger partial charge in [0, 0.05) is 12.4 Å². The molecule has 1 heterocycles. The molecular weight excluding hydrogens is 248 g/mol. The monoisotopic (exact) mass is 260 g/mol. The van der Waals surface area contributed by atoms with Crippen LogP contribution >= 0.6 is 0 Å². The van der Waals surface area contributed by atoms with Crippen LogP contribution in [0.5, 0.6) is 17.4 Å². The molecule has 2 rings (SSSR count). The highest BCUT2D eigenvalue weighted by Crippen LogP contribution is 2.23. The minimum absolute atomic E-state index is 0.0146. The van der Waals surface area contributed by atoms with Crippen molar-refractivity contribution in [3.63, 3.8) is 0 Å². The molecule has 0 saturated carbocycles. The third-order valence-electron chi connectivity index (χ3n) is 2.28. The summed E-state index contributed by atoms with van der Waals surface area (Å²) < 4.78 is 10.5. The van der Waals surface area contributed by atoms with Crippen molar-refractivity contribution in [1.29, 1.82) is 0 Å². The van der Waals surface area contributed by atoms with Gasteiger partial charge in [-0.15, -0.1) is 0 Å². The van der Waals surface area contributed by atoms with E-state index in [1.807, 2.05) is 5.43 Å². The molecule has 7 nitrogen and oxygen atoms in total. The average Bonchev–Trinajstić information content (AvgIpc) is 2.48. The second-order valence-electron chi connectivity index (χ2n) is 3.46. The molecule has 0 saturated heterocycles. The Bertz CT molecular complexity index is 571. The number of nitrogens with two attached hydrogens (primary N) is 1. The van der Waals surface area contributed by atoms with Crippen molar-refractivity contribution >= 4 is 5.91 Å². The van der Waals surface area contributed by atoms with Crippen molar-refractivity contribution in [2.24, 2.45) is 5.84 Å². The molecule has 0 radical (unpaired) electrons. The molecule has 7 heteroatoms. The number of methoxy groups -OCH3 is 1. The van der Waals surface area contributed by atoms with Gasteiger partial charge in [0.05, 0.1) is 7.11 Å². The van der Waals surface area contributed by atoms with Crippen molar-refractivity contribution in [3.8, 4) is 17.4 Å². The summed E-state index contributed by atoms with van der Waals surface area (Å²) in [6.45, 7) is 0. The standard InChI is InChI=1S/C12H12N4O3/c1-18-8-2-4-9(5-3-8)19-12-10(11(17)16-13)14-6-7-15-12/h2-7H,13H2,1H3,(H,16,17). The summed E-state index contributed by atoms with van der Waals surface area (Å²) in [5.41, 5.74) is 2.00. The molecule has 1 aromatic carbocycles. The Kier molecular flexibility index (Phi) is 3.89. The van der Waals surface area contributed by atoms with E-state index in [2.05, 4.69) is 9.97 Å². The Morgan fingerprint density at radius 1 is 1.16 bits per heavy atom. The first kappa shape index (κ1) is 12.8. The zero-order valence-corrected chi connectivity index (χ0v) is 10.2. The summed E-state index contributed by atoms with van der Waals surface area (Å²) in [6.07, 6.45) is 2.80. The van der Waals surface area contributed by atoms with E-state index in [0.29, 0.717) is 11.5 Å². The maximum absolute atomic E-state index is 11.5. The highest BCUT2D eigenvalue weighted by atomic mass is 16.5. The number of hydrogen-bond donors (Lipinski definition) is 2. The van der Waals surface area contributed by atoms with E-state index >= 15 is 0 Å². The third kappa shape index (κ3) is 2.96. The molecule has 19 heavy (non-hydrogen) atoms. The van der Waals surface area contributed by atoms with E-state index < -0.39 is 5.91 Å². The lowest BCUT2D eigenvalue weighted by Crippen LogP contribution is -2.31. The summed E-state index contributed by atoms with van der Waals surface area (Å²) in [5.74, 6) is 5.78. The predicted molar refractivity (Wildman–Crippen MR) is 66.8 cm³/mol. The Morgan fingerprint density at radius 3 is 2.42 bits per heavy atom. The lowest BCUT2D eigenvalue weighted by molar-refractivity contribution is 0.0945. The van der Waals surface area contributed by atoms with Gasteiger partial charge < -0.3 is 9.47 Å². The highest BCUT2D eigenvalue weighted by Gasteiger charge is 2.14. The van der Waals surface area contributed by atoms with Gasteiger partial charge in [0.2, 0.25) is 0 Å². The smallest absolute Gasteiger partial charge is 0.289 e. The molecule has 1 aromatic heterocycles. The van der Waals surface area contributed by atoms with Crippen molar-refractivity contribution in [2.45, 2.75) is 0 Å². The number of hydrazine groups is 1. The number of hydrogen-bond acceptors (Lipinski definition) is 6. The normalized spacial score (nSPS) is 9.79. The van der Waals surface area contributed by atoms with E-state index in [1.165, 1.54) is 12.4 Å². The van der Waals surface area contributed by atoms with E-state index in [-0.39, 0.29) is 11.6 Å². The Hall–Kier alpha value is -2.67. The van der Waals surface area contributed by atoms with E-state index in [9.17, 15) is 4.79 Å². The van der Waals surface area contributed by atoms with Crippen LogP contribution in [-0.2, 0) is 0 Å². The zero-order valence-electron chi connectivity index (χ0n) is 10.2. The summed E-state index contributed by atoms with van der Waals surface area (Å²) in [6, 6.07) is 6.85. The molecule has 0 fully saturated rings. The van der Waals surface area contributed by atoms with Crippen LogP contribution in [0.1, 0.15) is 10.5 Å². The van der Waals surface area contributed by atoms with Gasteiger partial charge in [-0.1, -0.05) is 0 Å². The van der Waals surface area contributed by atoms with E-state index in [1.54, 1.807) is 31.4 Å². The quantitative estimate of drug-likeness (QED) is 0.481. The Balaban J connectivity index is 2.25. The largest absolute Gasteiger partial charge is 0.497 e. The summed E-state index contributed by atoms with van der Waals surface area (Å²) in [5, 5.41) is 0. The number of nitrogens with one attached hydrogen (secondary N) is 1. The van der Waals surface area contributed by atoms with Crippen LogP contribution in [-0.4, -0.2) is 23.0 Å². The first-order valence-corrected chi connectivity index (χ1v) is 5.38. The lowest BCUT2D eigenvalue weighted by Gasteiger charge is -2.08. The van der Waals surface area contributed by atoms with E-state index in [4.69, 9.17) is 15.3 Å². The van der Waals surface area contributed by atoms with Crippen LogP contribution in [0.4, 0.5) is 0 Å². The first-order valence-electron chi connectivity index (χ1n) is 5.38. The predicted octanol–water partition coefficient (Wildman–Crippen LogP) is 0.881. The Labute approximate surface area is 109 Å². The van der Waals surface area contributed by atoms with Gasteiger partial charge in [0.15, 0.2) is 5.69 Å². The molecule has 0 spiro atoms. The van der Waals surface area contributed by atoms with E-state index in [0.717, 1.165) is 0 Å². The van der Waals surface area contributed by atoms with Gasteiger partial charge in [-0.3, -0.25) is 10.2 Å². The molecular formula is C12H12N4O3. The highest BCUT2D eigenvalue weighted by molar-refractivity contribution is 5.93. The molecule has 3 N–H and O–H groups in total. The topological polar surface area (TPSA) is 99.4 Å². The fourth-order valence-corrected chi connectivity index (χ4v) is 1.38. The molecule has 1 amide bonds. The molecule has 0 aliphatic heterocycles. The van der Waals surface area contributed by atoms with Crippen LogP contribution in [0.25, 0.3) is 0 Å². The van der Waals surface area contributed by atoms with Crippen LogP contribution in [0.15, 0.2) is 36.7 Å². The summed E-state index contributed by atoms with van der Waals surface area (Å²) in [7, 11) is 1.57. The second kappa shape index (κ2) is 5.78. The van der Waals surface area contributed by atoms with Crippen molar-refractivity contribution < 1.29 is 14.3 Å². The number of rotatable bonds is 4. The molecule has 0 atom stereocenters. The number of aromatic nitrogens is 2. The number of carbonyl (C=O) groups excluding carboxylic acids is 1. The SMILES string of the molecule is COc1ccc(Oc2nccnc2C(=O)NN)cc1. The number of ether oxygens (including phenoxy) is 2. The molecule has 0 aliphatic carbocycles. The molecule has 0 unspecified atom stereocenters. The lowest BCUT2D eigenvalue weighted by atomic mass is 10.3. The van der Waals surface area contributed by atoms with Gasteiger partial charge in [0.25, 0.3) is 11.8 Å². The van der Waals surface area contributed by atoms with Crippen LogP contribution in [0.3, 0.4) is 0 Å². The molecule has 0 aliphatic rings. The molecule has 0 bridgehead atoms. The van der Waals surface area contributed by atoms with Crippen molar-refractivity contribution in [2.75, 3.05) is 7.11 Å². The van der Waals surface area contributed by atoms with Crippen molar-refractivity contribution in [1.82, 2.24) is 15.4 Å². The third-order valence-corrected chi connectivity index (χ3v) is 2.28. The van der Waals surface area contributed by atoms with Crippen LogP contribution in [0.2, 0.25) is 0 Å². The molecule has 2 aromatic rings. The number of amides is 1. The summed E-state index contributed by atoms with van der Waals surface area (Å²) in [4.78, 5) is 19.3. The van der Waals surface area contributed by atoms with Gasteiger partial charge in [-0.2, -0.15) is 0 Å². The van der Waals surface area contributed by atoms with Gasteiger partial charge in [-0.05, 0) is 24.3 Å². The molecule has 98 valence electrons. The number of carbonyl (C=O) groups is 1. The minimum atomic E-state index is -0.573. The van der Waals surface area contributed by atoms with Gasteiger partial charge in [-0.25, -0.2) is 15.8 Å². The number of nitrogen functional groups attached to an aromatic ring is 1. The maximum Gasteiger partial charge on any atom is 0.289 e. The fraction of sp³-hybridized carbons (Fsp3) is 0.0833. The second-order valence-corrected chi connectivity index (χ2v) is 3.46. The maximum atomic E-state index is 11.5. The van der Waals surface area contributed by atoms with Crippen molar-refractivity contribution in [3.05, 3.63) is 42.4 Å². The average molecular weight is 260 g/mol. The fourth-order valence-electron chi connectivity index (χ4n) is 1.38. The first-order chi connectivity index (χ1) is 9.24. The van der Waals surface area contributed by atoms with Gasteiger partial charge >= 0.3 is 0 Å². The Morgan fingerprint density at radius 2 is 1.79 bits per heavy atom. The summed E-state index contributed by atoms with van der Waals surface area (Å²) >= 11 is 0. The van der Waals surface area contributed by atoms with Gasteiger partial charge in [0.1, 0.15) is 11.5 Å².